The number of hydrogen-bond acceptors (Lipinski definition) is 5. The van der Waals surface area contributed by atoms with E-state index in [2.05, 4.69) is 38.9 Å². The number of likely N-dealkylation sites (tertiary alicyclic amines) is 1. The minimum Gasteiger partial charge on any atom is -0.381 e. The number of carbonyl (C=O) groups excluding carboxylic acids is 1. The van der Waals surface area contributed by atoms with E-state index in [1.165, 1.54) is 6.42 Å². The summed E-state index contributed by atoms with van der Waals surface area (Å²) in [4.78, 5) is 23.9. The number of amides is 1. The molecule has 3 aliphatic heterocycles. The van der Waals surface area contributed by atoms with Crippen molar-refractivity contribution in [1.29, 1.82) is 0 Å². The summed E-state index contributed by atoms with van der Waals surface area (Å²) in [5.74, 6) is 2.42. The molecule has 8 heteroatoms. The molecule has 1 N–H and O–H groups in total. The minimum absolute atomic E-state index is 0.175. The summed E-state index contributed by atoms with van der Waals surface area (Å²) >= 11 is 0. The van der Waals surface area contributed by atoms with Crippen LogP contribution in [0.4, 0.5) is 0 Å². The quantitative estimate of drug-likeness (QED) is 0.523. The van der Waals surface area contributed by atoms with Crippen LogP contribution < -0.4 is 5.32 Å². The van der Waals surface area contributed by atoms with Crippen molar-refractivity contribution in [3.63, 3.8) is 0 Å². The second-order valence-corrected chi connectivity index (χ2v) is 9.41. The Labute approximate surface area is 181 Å². The zero-order valence-corrected chi connectivity index (χ0v) is 19.4. The maximum Gasteiger partial charge on any atom is 0.236 e. The highest BCUT2D eigenvalue weighted by Gasteiger charge is 2.33. The molecule has 1 amide bonds. The number of guanidine groups is 1. The predicted octanol–water partition coefficient (Wildman–Crippen LogP) is 0.880. The van der Waals surface area contributed by atoms with Crippen molar-refractivity contribution in [3.8, 4) is 0 Å². The van der Waals surface area contributed by atoms with E-state index in [1.807, 2.05) is 7.05 Å². The van der Waals surface area contributed by atoms with Crippen LogP contribution in [0.15, 0.2) is 4.99 Å². The number of ether oxygens (including phenoxy) is 2. The van der Waals surface area contributed by atoms with Gasteiger partial charge in [0.25, 0.3) is 0 Å². The van der Waals surface area contributed by atoms with Crippen LogP contribution in [-0.2, 0) is 14.3 Å². The van der Waals surface area contributed by atoms with Gasteiger partial charge in [-0.1, -0.05) is 13.8 Å². The van der Waals surface area contributed by atoms with Gasteiger partial charge in [-0.2, -0.15) is 0 Å². The highest BCUT2D eigenvalue weighted by atomic mass is 16.5. The Kier molecular flexibility index (Phi) is 8.36. The molecule has 0 radical (unpaired) electrons. The van der Waals surface area contributed by atoms with E-state index in [4.69, 9.17) is 9.47 Å². The zero-order valence-electron chi connectivity index (χ0n) is 19.4. The lowest BCUT2D eigenvalue weighted by molar-refractivity contribution is -0.135. The molecule has 3 saturated heterocycles. The van der Waals surface area contributed by atoms with Crippen LogP contribution in [0, 0.1) is 11.8 Å². The van der Waals surface area contributed by atoms with Crippen LogP contribution in [0.1, 0.15) is 33.1 Å². The fourth-order valence-corrected chi connectivity index (χ4v) is 5.04. The Bertz CT molecular complexity index is 575. The predicted molar refractivity (Wildman–Crippen MR) is 119 cm³/mol. The molecule has 0 saturated carbocycles. The third-order valence-electron chi connectivity index (χ3n) is 6.87. The van der Waals surface area contributed by atoms with Gasteiger partial charge < -0.3 is 24.6 Å². The first kappa shape index (κ1) is 23.3. The zero-order chi connectivity index (χ0) is 21.6. The minimum atomic E-state index is -0.175. The van der Waals surface area contributed by atoms with E-state index in [0.29, 0.717) is 18.4 Å². The molecule has 30 heavy (non-hydrogen) atoms. The average molecular weight is 424 g/mol. The summed E-state index contributed by atoms with van der Waals surface area (Å²) < 4.78 is 11.3. The van der Waals surface area contributed by atoms with Gasteiger partial charge in [0.1, 0.15) is 0 Å². The van der Waals surface area contributed by atoms with E-state index in [1.54, 1.807) is 7.11 Å². The molecule has 2 atom stereocenters. The van der Waals surface area contributed by atoms with Crippen LogP contribution in [0.5, 0.6) is 0 Å². The van der Waals surface area contributed by atoms with Crippen LogP contribution in [-0.4, -0.2) is 112 Å². The Morgan fingerprint density at radius 3 is 2.30 bits per heavy atom. The fraction of sp³-hybridized carbons (Fsp3) is 0.909. The van der Waals surface area contributed by atoms with Gasteiger partial charge in [-0.3, -0.25) is 14.7 Å². The van der Waals surface area contributed by atoms with Crippen LogP contribution in [0.2, 0.25) is 0 Å². The number of rotatable bonds is 5. The Balaban J connectivity index is 1.44. The molecule has 3 rings (SSSR count). The highest BCUT2D eigenvalue weighted by molar-refractivity contribution is 5.80. The van der Waals surface area contributed by atoms with Crippen LogP contribution >= 0.6 is 0 Å². The smallest absolute Gasteiger partial charge is 0.236 e. The second kappa shape index (κ2) is 10.8. The molecule has 172 valence electrons. The van der Waals surface area contributed by atoms with Gasteiger partial charge >= 0.3 is 0 Å². The molecule has 2 unspecified atom stereocenters. The van der Waals surface area contributed by atoms with E-state index >= 15 is 0 Å². The van der Waals surface area contributed by atoms with Crippen molar-refractivity contribution >= 4 is 11.9 Å². The number of piperazine rings is 1. The number of carbonyl (C=O) groups is 1. The summed E-state index contributed by atoms with van der Waals surface area (Å²) in [6.45, 7) is 12.6. The fourth-order valence-electron chi connectivity index (χ4n) is 5.04. The maximum absolute atomic E-state index is 12.8. The van der Waals surface area contributed by atoms with Crippen molar-refractivity contribution in [2.75, 3.05) is 79.7 Å². The lowest BCUT2D eigenvalue weighted by Gasteiger charge is -2.40. The van der Waals surface area contributed by atoms with E-state index < -0.39 is 0 Å². The van der Waals surface area contributed by atoms with Crippen molar-refractivity contribution in [2.45, 2.75) is 38.7 Å². The molecule has 3 fully saturated rings. The van der Waals surface area contributed by atoms with Crippen LogP contribution in [0.25, 0.3) is 0 Å². The molecule has 0 spiro atoms. The number of piperidine rings is 1. The normalized spacial score (nSPS) is 28.5. The van der Waals surface area contributed by atoms with Gasteiger partial charge in [0.2, 0.25) is 5.91 Å². The Hall–Kier alpha value is -1.38. The second-order valence-electron chi connectivity index (χ2n) is 9.41. The lowest BCUT2D eigenvalue weighted by atomic mass is 9.92. The SMILES string of the molecule is CN=C(NCC1(OC)CCOCC1)N1CCN(CC(=O)N2CC(C)CC(C)C2)CC1. The van der Waals surface area contributed by atoms with E-state index in [9.17, 15) is 4.79 Å². The third kappa shape index (κ3) is 6.08. The van der Waals surface area contributed by atoms with Gasteiger partial charge in [-0.05, 0) is 18.3 Å². The lowest BCUT2D eigenvalue weighted by Crippen LogP contribution is -2.57. The van der Waals surface area contributed by atoms with Crippen molar-refractivity contribution in [3.05, 3.63) is 0 Å². The maximum atomic E-state index is 12.8. The largest absolute Gasteiger partial charge is 0.381 e. The number of methoxy groups -OCH3 is 1. The van der Waals surface area contributed by atoms with Gasteiger partial charge in [0.15, 0.2) is 5.96 Å². The molecule has 0 aliphatic carbocycles. The first-order valence-electron chi connectivity index (χ1n) is 11.5. The standard InChI is InChI=1S/C22H41N5O3/c1-18-13-19(2)15-27(14-18)20(28)16-25-7-9-26(10-8-25)21(23-3)24-17-22(29-4)5-11-30-12-6-22/h18-19H,5-17H2,1-4H3,(H,23,24). The van der Waals surface area contributed by atoms with E-state index in [0.717, 1.165) is 77.8 Å². The Morgan fingerprint density at radius 1 is 1.10 bits per heavy atom. The average Bonchev–Trinajstić information content (AvgIpc) is 2.75. The molecule has 0 aromatic carbocycles. The number of nitrogens with zero attached hydrogens (tertiary/aromatic N) is 4. The molecular weight excluding hydrogens is 382 g/mol. The molecule has 3 aliphatic rings. The number of aliphatic imine (C=N–C) groups is 1. The molecule has 0 aromatic rings. The highest BCUT2D eigenvalue weighted by Crippen LogP contribution is 2.24. The van der Waals surface area contributed by atoms with Gasteiger partial charge in [-0.25, -0.2) is 0 Å². The topological polar surface area (TPSA) is 69.6 Å². The molecule has 0 bridgehead atoms. The number of hydrogen-bond donors (Lipinski definition) is 1. The summed E-state index contributed by atoms with van der Waals surface area (Å²) in [5.41, 5.74) is -0.175. The van der Waals surface area contributed by atoms with Gasteiger partial charge in [0, 0.05) is 86.0 Å². The van der Waals surface area contributed by atoms with Gasteiger partial charge in [-0.15, -0.1) is 0 Å². The monoisotopic (exact) mass is 423 g/mol. The van der Waals surface area contributed by atoms with Crippen LogP contribution in [0.3, 0.4) is 0 Å². The van der Waals surface area contributed by atoms with Gasteiger partial charge in [0.05, 0.1) is 12.1 Å². The van der Waals surface area contributed by atoms with Crippen molar-refractivity contribution in [1.82, 2.24) is 20.0 Å². The molecule has 0 aromatic heterocycles. The molecule has 8 nitrogen and oxygen atoms in total. The summed E-state index contributed by atoms with van der Waals surface area (Å²) in [6.07, 6.45) is 3.03. The third-order valence-corrected chi connectivity index (χ3v) is 6.87. The molecule has 3 heterocycles. The molecular formula is C22H41N5O3. The summed E-state index contributed by atoms with van der Waals surface area (Å²) in [7, 11) is 3.62. The van der Waals surface area contributed by atoms with Crippen molar-refractivity contribution in [2.24, 2.45) is 16.8 Å². The summed E-state index contributed by atoms with van der Waals surface area (Å²) in [6, 6.07) is 0. The first-order valence-corrected chi connectivity index (χ1v) is 11.5. The number of nitrogens with one attached hydrogen (secondary N) is 1. The van der Waals surface area contributed by atoms with E-state index in [-0.39, 0.29) is 11.5 Å². The summed E-state index contributed by atoms with van der Waals surface area (Å²) in [5, 5.41) is 3.52. The first-order chi connectivity index (χ1) is 14.4. The Morgan fingerprint density at radius 2 is 1.73 bits per heavy atom. The van der Waals surface area contributed by atoms with Crippen molar-refractivity contribution < 1.29 is 14.3 Å².